The van der Waals surface area contributed by atoms with Crippen molar-refractivity contribution in [1.29, 1.82) is 0 Å². The first-order valence-corrected chi connectivity index (χ1v) is 13.7. The second kappa shape index (κ2) is 12.8. The standard InChI is InChI=1S/C32H46N4O4/c1-31(2,3)28(33)18-29(32(4,5)6)34-22-12-10-21(11-13-22)30(37)35-23-14-15-36(19-23)20-25-26(39-8)16-24(38-7)17-27(25)40-9/h10-13,16-18,23H,14-15,19-20,33H2,1-9H3,(H,35,37). The quantitative estimate of drug-likeness (QED) is 0.387. The summed E-state index contributed by atoms with van der Waals surface area (Å²) in [4.78, 5) is 20.2. The normalized spacial score (nSPS) is 17.1. The van der Waals surface area contributed by atoms with Crippen LogP contribution in [0, 0.1) is 10.8 Å². The molecule has 3 rings (SSSR count). The van der Waals surface area contributed by atoms with E-state index in [0.717, 1.165) is 53.7 Å². The van der Waals surface area contributed by atoms with Gasteiger partial charge in [-0.2, -0.15) is 0 Å². The molecule has 8 heteroatoms. The molecule has 1 atom stereocenters. The Morgan fingerprint density at radius 3 is 2.10 bits per heavy atom. The molecule has 40 heavy (non-hydrogen) atoms. The predicted octanol–water partition coefficient (Wildman–Crippen LogP) is 5.72. The number of amides is 1. The van der Waals surface area contributed by atoms with Gasteiger partial charge in [-0.15, -0.1) is 0 Å². The Hall–Kier alpha value is -3.52. The highest BCUT2D eigenvalue weighted by Gasteiger charge is 2.27. The number of aliphatic imine (C=N–C) groups is 1. The van der Waals surface area contributed by atoms with E-state index in [2.05, 4.69) is 51.8 Å². The van der Waals surface area contributed by atoms with Crippen LogP contribution in [0.4, 0.5) is 5.69 Å². The number of nitrogens with one attached hydrogen (secondary N) is 1. The molecule has 218 valence electrons. The molecule has 0 radical (unpaired) electrons. The van der Waals surface area contributed by atoms with Crippen molar-refractivity contribution in [1.82, 2.24) is 10.2 Å². The molecule has 1 unspecified atom stereocenters. The van der Waals surface area contributed by atoms with E-state index in [1.54, 1.807) is 21.3 Å². The number of hydrogen-bond acceptors (Lipinski definition) is 7. The number of nitrogens with zero attached hydrogens (tertiary/aromatic N) is 2. The number of allylic oxidation sites excluding steroid dienone is 2. The third-order valence-electron chi connectivity index (χ3n) is 7.11. The lowest BCUT2D eigenvalue weighted by Crippen LogP contribution is -2.37. The van der Waals surface area contributed by atoms with Gasteiger partial charge in [0.25, 0.3) is 5.91 Å². The summed E-state index contributed by atoms with van der Waals surface area (Å²) in [5, 5.41) is 3.19. The Labute approximate surface area is 239 Å². The third-order valence-corrected chi connectivity index (χ3v) is 7.11. The fourth-order valence-electron chi connectivity index (χ4n) is 4.43. The van der Waals surface area contributed by atoms with Gasteiger partial charge in [0.05, 0.1) is 32.6 Å². The molecule has 0 spiro atoms. The monoisotopic (exact) mass is 550 g/mol. The van der Waals surface area contributed by atoms with Gasteiger partial charge in [-0.1, -0.05) is 41.5 Å². The summed E-state index contributed by atoms with van der Waals surface area (Å²) in [5.41, 5.74) is 10.1. The number of hydrogen-bond donors (Lipinski definition) is 2. The fourth-order valence-corrected chi connectivity index (χ4v) is 4.43. The van der Waals surface area contributed by atoms with Gasteiger partial charge in [0.1, 0.15) is 17.2 Å². The SMILES string of the molecule is COc1cc(OC)c(CN2CCC(NC(=O)c3ccc(N=C(C=C(N)C(C)(C)C)C(C)(C)C)cc3)C2)c(OC)c1. The van der Waals surface area contributed by atoms with Gasteiger partial charge in [0.2, 0.25) is 0 Å². The Bertz CT molecular complexity index is 1210. The highest BCUT2D eigenvalue weighted by atomic mass is 16.5. The molecule has 0 saturated carbocycles. The first kappa shape index (κ1) is 31.0. The van der Waals surface area contributed by atoms with Crippen molar-refractivity contribution in [3.05, 3.63) is 59.3 Å². The lowest BCUT2D eigenvalue weighted by Gasteiger charge is -2.24. The average molecular weight is 551 g/mol. The first-order valence-electron chi connectivity index (χ1n) is 13.7. The third kappa shape index (κ3) is 8.01. The summed E-state index contributed by atoms with van der Waals surface area (Å²) in [5.74, 6) is 2.03. The summed E-state index contributed by atoms with van der Waals surface area (Å²) in [7, 11) is 4.90. The van der Waals surface area contributed by atoms with Crippen LogP contribution in [0.1, 0.15) is 63.9 Å². The van der Waals surface area contributed by atoms with Crippen LogP contribution in [0.3, 0.4) is 0 Å². The molecule has 1 heterocycles. The molecule has 0 aliphatic carbocycles. The summed E-state index contributed by atoms with van der Waals surface area (Å²) in [6, 6.07) is 11.2. The first-order chi connectivity index (χ1) is 18.7. The molecule has 0 bridgehead atoms. The van der Waals surface area contributed by atoms with Crippen molar-refractivity contribution in [2.45, 2.75) is 60.5 Å². The van der Waals surface area contributed by atoms with Gasteiger partial charge in [-0.3, -0.25) is 14.7 Å². The van der Waals surface area contributed by atoms with Gasteiger partial charge < -0.3 is 25.3 Å². The molecule has 1 fully saturated rings. The van der Waals surface area contributed by atoms with Crippen LogP contribution in [-0.2, 0) is 6.54 Å². The number of rotatable bonds is 9. The van der Waals surface area contributed by atoms with Gasteiger partial charge in [-0.05, 0) is 36.8 Å². The van der Waals surface area contributed by atoms with E-state index in [1.165, 1.54) is 0 Å². The highest BCUT2D eigenvalue weighted by Crippen LogP contribution is 2.35. The largest absolute Gasteiger partial charge is 0.496 e. The van der Waals surface area contributed by atoms with Crippen molar-refractivity contribution in [3.8, 4) is 17.2 Å². The highest BCUT2D eigenvalue weighted by molar-refractivity contribution is 6.01. The molecule has 2 aromatic carbocycles. The minimum atomic E-state index is -0.180. The molecular weight excluding hydrogens is 504 g/mol. The molecule has 3 N–H and O–H groups in total. The number of carbonyl (C=O) groups is 1. The fraction of sp³-hybridized carbons (Fsp3) is 0.500. The van der Waals surface area contributed by atoms with E-state index in [0.29, 0.717) is 17.9 Å². The van der Waals surface area contributed by atoms with Crippen molar-refractivity contribution in [2.75, 3.05) is 34.4 Å². The van der Waals surface area contributed by atoms with Gasteiger partial charge in [-0.25, -0.2) is 0 Å². The Morgan fingerprint density at radius 1 is 1.00 bits per heavy atom. The minimum absolute atomic E-state index is 0.0541. The van der Waals surface area contributed by atoms with Crippen molar-refractivity contribution < 1.29 is 19.0 Å². The molecule has 1 aliphatic heterocycles. The van der Waals surface area contributed by atoms with Crippen LogP contribution in [-0.4, -0.2) is 57.0 Å². The summed E-state index contributed by atoms with van der Waals surface area (Å²) in [6.07, 6.45) is 2.84. The second-order valence-corrected chi connectivity index (χ2v) is 12.3. The van der Waals surface area contributed by atoms with E-state index >= 15 is 0 Å². The number of nitrogens with two attached hydrogens (primary N) is 1. The van der Waals surface area contributed by atoms with Gasteiger partial charge in [0, 0.05) is 65.6 Å². The number of methoxy groups -OCH3 is 3. The van der Waals surface area contributed by atoms with Crippen LogP contribution >= 0.6 is 0 Å². The molecule has 1 aliphatic rings. The molecular formula is C32H46N4O4. The zero-order chi connectivity index (χ0) is 29.7. The lowest BCUT2D eigenvalue weighted by atomic mass is 9.85. The molecule has 8 nitrogen and oxygen atoms in total. The van der Waals surface area contributed by atoms with E-state index < -0.39 is 0 Å². The zero-order valence-electron chi connectivity index (χ0n) is 25.6. The van der Waals surface area contributed by atoms with Crippen molar-refractivity contribution in [3.63, 3.8) is 0 Å². The van der Waals surface area contributed by atoms with E-state index in [-0.39, 0.29) is 22.8 Å². The van der Waals surface area contributed by atoms with Gasteiger partial charge >= 0.3 is 0 Å². The number of carbonyl (C=O) groups excluding carboxylic acids is 1. The van der Waals surface area contributed by atoms with Crippen molar-refractivity contribution >= 4 is 17.3 Å². The molecule has 1 amide bonds. The Morgan fingerprint density at radius 2 is 1.60 bits per heavy atom. The van der Waals surface area contributed by atoms with E-state index in [1.807, 2.05) is 42.5 Å². The van der Waals surface area contributed by atoms with E-state index in [9.17, 15) is 4.79 Å². The maximum absolute atomic E-state index is 13.0. The van der Waals surface area contributed by atoms with Crippen LogP contribution < -0.4 is 25.3 Å². The lowest BCUT2D eigenvalue weighted by molar-refractivity contribution is 0.0937. The van der Waals surface area contributed by atoms with E-state index in [4.69, 9.17) is 24.9 Å². The maximum atomic E-state index is 13.0. The second-order valence-electron chi connectivity index (χ2n) is 12.3. The van der Waals surface area contributed by atoms with Crippen molar-refractivity contribution in [2.24, 2.45) is 21.6 Å². The number of ether oxygens (including phenoxy) is 3. The Balaban J connectivity index is 1.67. The number of benzene rings is 2. The van der Waals surface area contributed by atoms with Crippen LogP contribution in [0.2, 0.25) is 0 Å². The average Bonchev–Trinajstić information content (AvgIpc) is 3.34. The number of likely N-dealkylation sites (tertiary alicyclic amines) is 1. The molecule has 2 aromatic rings. The van der Waals surface area contributed by atoms with Crippen LogP contribution in [0.5, 0.6) is 17.2 Å². The Kier molecular flexibility index (Phi) is 9.90. The van der Waals surface area contributed by atoms with Gasteiger partial charge in [0.15, 0.2) is 0 Å². The predicted molar refractivity (Wildman–Crippen MR) is 162 cm³/mol. The summed E-state index contributed by atoms with van der Waals surface area (Å²) >= 11 is 0. The van der Waals surface area contributed by atoms with Crippen LogP contribution in [0.15, 0.2) is 53.2 Å². The van der Waals surface area contributed by atoms with Crippen LogP contribution in [0.25, 0.3) is 0 Å². The topological polar surface area (TPSA) is 98.4 Å². The smallest absolute Gasteiger partial charge is 0.251 e. The minimum Gasteiger partial charge on any atom is -0.496 e. The molecule has 1 saturated heterocycles. The molecule has 0 aromatic heterocycles. The maximum Gasteiger partial charge on any atom is 0.251 e. The summed E-state index contributed by atoms with van der Waals surface area (Å²) in [6.45, 7) is 14.9. The zero-order valence-corrected chi connectivity index (χ0v) is 25.6. The summed E-state index contributed by atoms with van der Waals surface area (Å²) < 4.78 is 16.6.